The number of aromatic nitrogens is 2. The van der Waals surface area contributed by atoms with Crippen LogP contribution in [-0.4, -0.2) is 50.7 Å². The zero-order chi connectivity index (χ0) is 21.9. The number of nitrogens with one attached hydrogen (secondary N) is 1. The van der Waals surface area contributed by atoms with Gasteiger partial charge in [-0.15, -0.1) is 0 Å². The first-order valence-electron chi connectivity index (χ1n) is 9.55. The third-order valence-corrected chi connectivity index (χ3v) is 5.78. The predicted octanol–water partition coefficient (Wildman–Crippen LogP) is 3.29. The van der Waals surface area contributed by atoms with Gasteiger partial charge in [-0.05, 0) is 48.1 Å². The van der Waals surface area contributed by atoms with E-state index >= 15 is 0 Å². The second kappa shape index (κ2) is 9.17. The van der Waals surface area contributed by atoms with E-state index in [0.29, 0.717) is 11.6 Å². The molecule has 2 aromatic heterocycles. The second-order valence-electron chi connectivity index (χ2n) is 7.41. The lowest BCUT2D eigenvalue weighted by Gasteiger charge is -2.33. The Kier molecular flexibility index (Phi) is 6.81. The van der Waals surface area contributed by atoms with Crippen molar-refractivity contribution in [2.24, 2.45) is 5.92 Å². The van der Waals surface area contributed by atoms with E-state index in [4.69, 9.17) is 9.90 Å². The quantitative estimate of drug-likeness (QED) is 0.739. The van der Waals surface area contributed by atoms with Crippen molar-refractivity contribution >= 4 is 23.2 Å². The number of thiophene rings is 1. The number of nitrogens with zero attached hydrogens (tertiary/aromatic N) is 3. The van der Waals surface area contributed by atoms with Gasteiger partial charge >= 0.3 is 12.1 Å². The summed E-state index contributed by atoms with van der Waals surface area (Å²) in [6.45, 7) is 5.80. The number of carboxylic acid groups (broad SMARTS) is 1. The molecule has 1 atom stereocenters. The maximum Gasteiger partial charge on any atom is 0.490 e. The summed E-state index contributed by atoms with van der Waals surface area (Å²) in [4.78, 5) is 28.2. The van der Waals surface area contributed by atoms with Crippen LogP contribution in [0.5, 0.6) is 0 Å². The van der Waals surface area contributed by atoms with Crippen LogP contribution in [0.4, 0.5) is 13.2 Å². The molecule has 2 aliphatic rings. The van der Waals surface area contributed by atoms with E-state index in [9.17, 15) is 18.0 Å². The number of hydrogen-bond donors (Lipinski definition) is 2. The Balaban J connectivity index is 0.000000318. The van der Waals surface area contributed by atoms with Crippen LogP contribution < -0.4 is 5.32 Å². The monoisotopic (exact) mass is 444 g/mol. The standard InChI is InChI=1S/C17H22N4OS.C2HF3O2/c1-12-16-19-15(17(22)18-8-13-2-3-13)10-21(16)6-5-20(12)9-14-4-7-23-11-14;3-2(4,5)1(6)7/h4,7,10-13H,2-3,5-6,8-9H2,1H3,(H,18,22);(H,6,7). The van der Waals surface area contributed by atoms with Crippen molar-refractivity contribution in [3.63, 3.8) is 0 Å². The Morgan fingerprint density at radius 3 is 2.60 bits per heavy atom. The molecule has 1 aliphatic carbocycles. The van der Waals surface area contributed by atoms with Gasteiger partial charge in [0.1, 0.15) is 11.5 Å². The summed E-state index contributed by atoms with van der Waals surface area (Å²) in [5.74, 6) is -1.10. The summed E-state index contributed by atoms with van der Waals surface area (Å²) in [6.07, 6.45) is -0.681. The summed E-state index contributed by atoms with van der Waals surface area (Å²) < 4.78 is 33.9. The first kappa shape index (κ1) is 22.3. The third-order valence-electron chi connectivity index (χ3n) is 5.05. The molecule has 7 nitrogen and oxygen atoms in total. The molecule has 1 aliphatic heterocycles. The summed E-state index contributed by atoms with van der Waals surface area (Å²) in [5, 5.41) is 14.4. The fraction of sp³-hybridized carbons (Fsp3) is 0.526. The van der Waals surface area contributed by atoms with E-state index in [1.165, 1.54) is 18.4 Å². The average Bonchev–Trinajstić information content (AvgIpc) is 3.17. The van der Waals surface area contributed by atoms with Gasteiger partial charge in [0.2, 0.25) is 0 Å². The average molecular weight is 444 g/mol. The zero-order valence-corrected chi connectivity index (χ0v) is 17.2. The number of halogens is 3. The molecule has 0 radical (unpaired) electrons. The van der Waals surface area contributed by atoms with Gasteiger partial charge in [0.25, 0.3) is 5.91 Å². The van der Waals surface area contributed by atoms with Crippen molar-refractivity contribution in [3.8, 4) is 0 Å². The molecule has 1 amide bonds. The molecule has 164 valence electrons. The SMILES string of the molecule is CC1c2nc(C(=O)NCC3CC3)cn2CCN1Cc1ccsc1.O=C(O)C(F)(F)F. The molecule has 30 heavy (non-hydrogen) atoms. The molecular formula is C19H23F3N4O3S. The van der Waals surface area contributed by atoms with Crippen molar-refractivity contribution < 1.29 is 27.9 Å². The molecule has 3 heterocycles. The van der Waals surface area contributed by atoms with Crippen LogP contribution in [0.15, 0.2) is 23.0 Å². The van der Waals surface area contributed by atoms with Crippen molar-refractivity contribution in [1.82, 2.24) is 19.8 Å². The van der Waals surface area contributed by atoms with Gasteiger partial charge in [-0.2, -0.15) is 24.5 Å². The number of amides is 1. The van der Waals surface area contributed by atoms with Crippen molar-refractivity contribution in [2.45, 2.75) is 45.1 Å². The molecule has 2 N–H and O–H groups in total. The van der Waals surface area contributed by atoms with Crippen molar-refractivity contribution in [2.75, 3.05) is 13.1 Å². The van der Waals surface area contributed by atoms with E-state index in [1.54, 1.807) is 11.3 Å². The van der Waals surface area contributed by atoms with Gasteiger partial charge in [-0.25, -0.2) is 9.78 Å². The maximum atomic E-state index is 12.2. The number of carboxylic acids is 1. The van der Waals surface area contributed by atoms with Gasteiger partial charge in [-0.3, -0.25) is 9.69 Å². The molecule has 0 aromatic carbocycles. The van der Waals surface area contributed by atoms with Crippen LogP contribution >= 0.6 is 11.3 Å². The van der Waals surface area contributed by atoms with Gasteiger partial charge in [0.05, 0.1) is 6.04 Å². The van der Waals surface area contributed by atoms with Crippen molar-refractivity contribution in [3.05, 3.63) is 40.1 Å². The third kappa shape index (κ3) is 5.82. The number of fused-ring (bicyclic) bond motifs is 1. The molecule has 0 saturated heterocycles. The summed E-state index contributed by atoms with van der Waals surface area (Å²) >= 11 is 1.74. The number of carbonyl (C=O) groups is 2. The van der Waals surface area contributed by atoms with Gasteiger partial charge in [-0.1, -0.05) is 0 Å². The predicted molar refractivity (Wildman–Crippen MR) is 104 cm³/mol. The Labute approximate surface area is 175 Å². The Bertz CT molecular complexity index is 878. The minimum atomic E-state index is -5.08. The Morgan fingerprint density at radius 2 is 2.03 bits per heavy atom. The number of imidazole rings is 1. The van der Waals surface area contributed by atoms with Crippen LogP contribution in [0, 0.1) is 5.92 Å². The normalized spacial score (nSPS) is 18.9. The van der Waals surface area contributed by atoms with Gasteiger partial charge in [0, 0.05) is 32.4 Å². The zero-order valence-electron chi connectivity index (χ0n) is 16.4. The molecule has 0 spiro atoms. The van der Waals surface area contributed by atoms with Crippen LogP contribution in [0.2, 0.25) is 0 Å². The minimum absolute atomic E-state index is 0.0321. The van der Waals surface area contributed by atoms with Crippen molar-refractivity contribution in [1.29, 1.82) is 0 Å². The van der Waals surface area contributed by atoms with Gasteiger partial charge < -0.3 is 15.0 Å². The maximum absolute atomic E-state index is 12.2. The second-order valence-corrected chi connectivity index (χ2v) is 8.19. The van der Waals surface area contributed by atoms with Crippen LogP contribution in [0.1, 0.15) is 47.7 Å². The highest BCUT2D eigenvalue weighted by atomic mass is 32.1. The molecular weight excluding hydrogens is 421 g/mol. The highest BCUT2D eigenvalue weighted by molar-refractivity contribution is 7.07. The van der Waals surface area contributed by atoms with Crippen LogP contribution in [0.25, 0.3) is 0 Å². The first-order valence-corrected chi connectivity index (χ1v) is 10.5. The molecule has 4 rings (SSSR count). The highest BCUT2D eigenvalue weighted by Gasteiger charge is 2.38. The Hall–Kier alpha value is -2.40. The lowest BCUT2D eigenvalue weighted by molar-refractivity contribution is -0.192. The first-order chi connectivity index (χ1) is 14.1. The molecule has 1 saturated carbocycles. The molecule has 1 fully saturated rings. The molecule has 1 unspecified atom stereocenters. The largest absolute Gasteiger partial charge is 0.490 e. The molecule has 2 aromatic rings. The highest BCUT2D eigenvalue weighted by Crippen LogP contribution is 2.28. The minimum Gasteiger partial charge on any atom is -0.475 e. The fourth-order valence-electron chi connectivity index (χ4n) is 3.13. The van der Waals surface area contributed by atoms with E-state index in [0.717, 1.165) is 32.0 Å². The van der Waals surface area contributed by atoms with Crippen LogP contribution in [-0.2, 0) is 17.9 Å². The Morgan fingerprint density at radius 1 is 1.33 bits per heavy atom. The van der Waals surface area contributed by atoms with E-state index in [1.807, 2.05) is 6.20 Å². The number of carbonyl (C=O) groups excluding carboxylic acids is 1. The van der Waals surface area contributed by atoms with E-state index in [-0.39, 0.29) is 11.9 Å². The molecule has 0 bridgehead atoms. The summed E-state index contributed by atoms with van der Waals surface area (Å²) in [7, 11) is 0. The van der Waals surface area contributed by atoms with Gasteiger partial charge in [0.15, 0.2) is 0 Å². The smallest absolute Gasteiger partial charge is 0.475 e. The number of alkyl halides is 3. The summed E-state index contributed by atoms with van der Waals surface area (Å²) in [6, 6.07) is 2.41. The lowest BCUT2D eigenvalue weighted by Crippen LogP contribution is -2.36. The number of rotatable bonds is 5. The number of aliphatic carboxylic acids is 1. The fourth-order valence-corrected chi connectivity index (χ4v) is 3.79. The number of hydrogen-bond acceptors (Lipinski definition) is 5. The lowest BCUT2D eigenvalue weighted by atomic mass is 10.2. The molecule has 11 heteroatoms. The van der Waals surface area contributed by atoms with E-state index < -0.39 is 12.1 Å². The topological polar surface area (TPSA) is 87.5 Å². The summed E-state index contributed by atoms with van der Waals surface area (Å²) in [5.41, 5.74) is 1.91. The van der Waals surface area contributed by atoms with E-state index in [2.05, 4.69) is 43.5 Å². The van der Waals surface area contributed by atoms with Crippen LogP contribution in [0.3, 0.4) is 0 Å².